The summed E-state index contributed by atoms with van der Waals surface area (Å²) >= 11 is 0. The molecule has 0 saturated carbocycles. The second kappa shape index (κ2) is 4.56. The van der Waals surface area contributed by atoms with Gasteiger partial charge in [0.05, 0.1) is 5.69 Å². The topological polar surface area (TPSA) is 12.4 Å². The van der Waals surface area contributed by atoms with E-state index in [1.54, 1.807) is 6.07 Å². The molecule has 0 fully saturated rings. The van der Waals surface area contributed by atoms with Crippen molar-refractivity contribution in [1.82, 2.24) is 0 Å². The first-order chi connectivity index (χ1) is 6.99. The fourth-order valence-electron chi connectivity index (χ4n) is 1.79. The molecule has 0 atom stereocenters. The van der Waals surface area contributed by atoms with Gasteiger partial charge in [0.2, 0.25) is 0 Å². The number of hydrogen-bond acceptors (Lipinski definition) is 1. The van der Waals surface area contributed by atoms with Crippen molar-refractivity contribution in [3.63, 3.8) is 0 Å². The molecule has 2 heteroatoms. The maximum absolute atomic E-state index is 13.6. The summed E-state index contributed by atoms with van der Waals surface area (Å²) in [7, 11) is 0. The Bertz CT molecular complexity index is 367. The van der Waals surface area contributed by atoms with Crippen LogP contribution in [0.2, 0.25) is 0 Å². The van der Waals surface area contributed by atoms with Crippen LogP contribution in [-0.4, -0.2) is 6.72 Å². The molecular formula is C13H18FN. The predicted octanol–water partition coefficient (Wildman–Crippen LogP) is 4.40. The average molecular weight is 207 g/mol. The first-order valence-corrected chi connectivity index (χ1v) is 5.28. The van der Waals surface area contributed by atoms with E-state index in [9.17, 15) is 4.39 Å². The maximum Gasteiger partial charge on any atom is 0.128 e. The Morgan fingerprint density at radius 1 is 1.13 bits per heavy atom. The molecule has 0 unspecified atom stereocenters. The summed E-state index contributed by atoms with van der Waals surface area (Å²) in [6, 6.07) is 3.33. The quantitative estimate of drug-likeness (QED) is 0.651. The second-order valence-corrected chi connectivity index (χ2v) is 4.37. The van der Waals surface area contributed by atoms with Gasteiger partial charge in [-0.3, -0.25) is 4.99 Å². The van der Waals surface area contributed by atoms with Crippen molar-refractivity contribution < 1.29 is 4.39 Å². The summed E-state index contributed by atoms with van der Waals surface area (Å²) in [5, 5.41) is 0. The molecule has 0 aliphatic heterocycles. The van der Waals surface area contributed by atoms with Gasteiger partial charge < -0.3 is 0 Å². The van der Waals surface area contributed by atoms with E-state index in [-0.39, 0.29) is 11.7 Å². The molecule has 0 saturated heterocycles. The number of rotatable bonds is 3. The molecule has 0 radical (unpaired) electrons. The van der Waals surface area contributed by atoms with Crippen LogP contribution in [0.1, 0.15) is 50.7 Å². The summed E-state index contributed by atoms with van der Waals surface area (Å²) in [5.74, 6) is 0.282. The molecule has 0 spiro atoms. The lowest BCUT2D eigenvalue weighted by Gasteiger charge is -2.16. The molecule has 0 heterocycles. The number of nitrogens with zero attached hydrogens (tertiary/aromatic N) is 1. The zero-order valence-electron chi connectivity index (χ0n) is 9.84. The van der Waals surface area contributed by atoms with E-state index in [4.69, 9.17) is 0 Å². The van der Waals surface area contributed by atoms with E-state index in [1.165, 1.54) is 6.07 Å². The van der Waals surface area contributed by atoms with Crippen molar-refractivity contribution in [2.75, 3.05) is 0 Å². The van der Waals surface area contributed by atoms with Crippen molar-refractivity contribution >= 4 is 12.4 Å². The van der Waals surface area contributed by atoms with Gasteiger partial charge in [0.15, 0.2) is 0 Å². The molecular weight excluding hydrogens is 189 g/mol. The highest BCUT2D eigenvalue weighted by molar-refractivity contribution is 5.59. The van der Waals surface area contributed by atoms with E-state index in [0.717, 1.165) is 11.3 Å². The number of benzene rings is 1. The molecule has 0 aliphatic carbocycles. The van der Waals surface area contributed by atoms with Crippen LogP contribution >= 0.6 is 0 Å². The molecule has 1 rings (SSSR count). The van der Waals surface area contributed by atoms with Crippen molar-refractivity contribution in [3.05, 3.63) is 29.1 Å². The molecule has 1 aromatic carbocycles. The van der Waals surface area contributed by atoms with Crippen LogP contribution in [0.25, 0.3) is 0 Å². The van der Waals surface area contributed by atoms with E-state index in [0.29, 0.717) is 11.5 Å². The summed E-state index contributed by atoms with van der Waals surface area (Å²) < 4.78 is 13.6. The smallest absolute Gasteiger partial charge is 0.128 e. The summed E-state index contributed by atoms with van der Waals surface area (Å²) in [6.07, 6.45) is 0. The van der Waals surface area contributed by atoms with Crippen molar-refractivity contribution in [1.29, 1.82) is 0 Å². The van der Waals surface area contributed by atoms with Crippen LogP contribution in [0.15, 0.2) is 17.1 Å². The summed E-state index contributed by atoms with van der Waals surface area (Å²) in [4.78, 5) is 3.98. The molecule has 1 aromatic rings. The number of hydrogen-bond donors (Lipinski definition) is 0. The summed E-state index contributed by atoms with van der Waals surface area (Å²) in [6.45, 7) is 11.6. The van der Waals surface area contributed by atoms with Gasteiger partial charge in [-0.05, 0) is 30.2 Å². The third-order valence-corrected chi connectivity index (χ3v) is 2.55. The first-order valence-electron chi connectivity index (χ1n) is 5.28. The van der Waals surface area contributed by atoms with Crippen molar-refractivity contribution in [3.8, 4) is 0 Å². The largest absolute Gasteiger partial charge is 0.264 e. The third kappa shape index (κ3) is 2.25. The second-order valence-electron chi connectivity index (χ2n) is 4.37. The van der Waals surface area contributed by atoms with Crippen LogP contribution in [0, 0.1) is 5.82 Å². The monoisotopic (exact) mass is 207 g/mol. The van der Waals surface area contributed by atoms with Gasteiger partial charge in [0, 0.05) is 5.56 Å². The van der Waals surface area contributed by atoms with Crippen LogP contribution in [0.3, 0.4) is 0 Å². The van der Waals surface area contributed by atoms with Crippen LogP contribution in [0.4, 0.5) is 10.1 Å². The average Bonchev–Trinajstić information content (AvgIpc) is 2.15. The molecule has 0 bridgehead atoms. The van der Waals surface area contributed by atoms with Crippen LogP contribution in [0.5, 0.6) is 0 Å². The normalized spacial score (nSPS) is 11.1. The molecule has 82 valence electrons. The lowest BCUT2D eigenvalue weighted by atomic mass is 9.92. The number of halogens is 1. The van der Waals surface area contributed by atoms with E-state index in [1.807, 2.05) is 13.8 Å². The van der Waals surface area contributed by atoms with E-state index in [2.05, 4.69) is 25.6 Å². The maximum atomic E-state index is 13.6. The van der Waals surface area contributed by atoms with Gasteiger partial charge in [-0.25, -0.2) is 4.39 Å². The fourth-order valence-corrected chi connectivity index (χ4v) is 1.79. The molecule has 0 aliphatic rings. The van der Waals surface area contributed by atoms with Crippen molar-refractivity contribution in [2.45, 2.75) is 39.5 Å². The van der Waals surface area contributed by atoms with Gasteiger partial charge in [-0.15, -0.1) is 0 Å². The third-order valence-electron chi connectivity index (χ3n) is 2.55. The molecule has 1 nitrogen and oxygen atoms in total. The van der Waals surface area contributed by atoms with Crippen molar-refractivity contribution in [2.24, 2.45) is 4.99 Å². The number of aliphatic imine (C=N–C) groups is 1. The zero-order chi connectivity index (χ0) is 11.6. The highest BCUT2D eigenvalue weighted by Gasteiger charge is 2.16. The van der Waals surface area contributed by atoms with Gasteiger partial charge in [-0.1, -0.05) is 33.8 Å². The minimum atomic E-state index is -0.184. The Balaban J connectivity index is 3.47. The van der Waals surface area contributed by atoms with Gasteiger partial charge in [0.25, 0.3) is 0 Å². The van der Waals surface area contributed by atoms with E-state index < -0.39 is 0 Å². The Morgan fingerprint density at radius 2 is 1.73 bits per heavy atom. The standard InChI is InChI=1S/C13H18FN/c1-8(2)10-6-7-11(14)12(9(3)4)13(10)15-5/h6-9H,5H2,1-4H3. The van der Waals surface area contributed by atoms with E-state index >= 15 is 0 Å². The highest BCUT2D eigenvalue weighted by Crippen LogP contribution is 2.35. The predicted molar refractivity (Wildman–Crippen MR) is 63.8 cm³/mol. The molecule has 15 heavy (non-hydrogen) atoms. The SMILES string of the molecule is C=Nc1c(C(C)C)ccc(F)c1C(C)C. The van der Waals surface area contributed by atoms with Gasteiger partial charge in [0.1, 0.15) is 5.82 Å². The molecule has 0 amide bonds. The Kier molecular flexibility index (Phi) is 3.61. The Hall–Kier alpha value is -1.18. The summed E-state index contributed by atoms with van der Waals surface area (Å²) in [5.41, 5.74) is 2.46. The Morgan fingerprint density at radius 3 is 2.13 bits per heavy atom. The zero-order valence-corrected chi connectivity index (χ0v) is 9.84. The van der Waals surface area contributed by atoms with Crippen LogP contribution in [-0.2, 0) is 0 Å². The van der Waals surface area contributed by atoms with Gasteiger partial charge in [-0.2, -0.15) is 0 Å². The molecule has 0 aromatic heterocycles. The minimum Gasteiger partial charge on any atom is -0.264 e. The molecule has 0 N–H and O–H groups in total. The fraction of sp³-hybridized carbons (Fsp3) is 0.462. The highest BCUT2D eigenvalue weighted by atomic mass is 19.1. The van der Waals surface area contributed by atoms with Gasteiger partial charge >= 0.3 is 0 Å². The van der Waals surface area contributed by atoms with Crippen LogP contribution < -0.4 is 0 Å². The Labute approximate surface area is 91.0 Å². The minimum absolute atomic E-state index is 0.129. The first kappa shape index (κ1) is 11.9. The lowest BCUT2D eigenvalue weighted by Crippen LogP contribution is -1.98. The lowest BCUT2D eigenvalue weighted by molar-refractivity contribution is 0.597.